The van der Waals surface area contributed by atoms with Crippen molar-refractivity contribution in [3.63, 3.8) is 0 Å². The molecule has 1 amide bonds. The molecule has 0 saturated heterocycles. The third kappa shape index (κ3) is 5.20. The van der Waals surface area contributed by atoms with Crippen LogP contribution in [0, 0.1) is 5.82 Å². The molecule has 24 heavy (non-hydrogen) atoms. The van der Waals surface area contributed by atoms with E-state index in [0.29, 0.717) is 19.6 Å². The van der Waals surface area contributed by atoms with Crippen LogP contribution in [0.3, 0.4) is 0 Å². The maximum absolute atomic E-state index is 13.4. The van der Waals surface area contributed by atoms with Gasteiger partial charge in [0.25, 0.3) is 5.91 Å². The normalized spacial score (nSPS) is 12.0. The average molecular weight is 370 g/mol. The molecule has 0 unspecified atom stereocenters. The third-order valence-electron chi connectivity index (χ3n) is 3.50. The van der Waals surface area contributed by atoms with Gasteiger partial charge in [0.05, 0.1) is 21.7 Å². The van der Waals surface area contributed by atoms with Gasteiger partial charge in [0.2, 0.25) is 0 Å². The highest BCUT2D eigenvalue weighted by Crippen LogP contribution is 2.24. The van der Waals surface area contributed by atoms with Crippen molar-refractivity contribution in [1.82, 2.24) is 5.32 Å². The summed E-state index contributed by atoms with van der Waals surface area (Å²) in [6.45, 7) is 2.88. The molecule has 0 spiro atoms. The quantitative estimate of drug-likeness (QED) is 0.548. The number of hydrogen-bond donors (Lipinski definition) is 1. The van der Waals surface area contributed by atoms with Crippen molar-refractivity contribution >= 4 is 29.1 Å². The van der Waals surface area contributed by atoms with E-state index < -0.39 is 11.7 Å². The molecular formula is C18H18Cl2FNO2. The highest BCUT2D eigenvalue weighted by atomic mass is 35.5. The number of carbonyl (C=O) groups is 1. The van der Waals surface area contributed by atoms with E-state index in [1.54, 1.807) is 0 Å². The summed E-state index contributed by atoms with van der Waals surface area (Å²) in [5, 5.41) is 2.69. The van der Waals surface area contributed by atoms with Gasteiger partial charge in [0, 0.05) is 13.2 Å². The maximum Gasteiger partial charge on any atom is 0.252 e. The predicted octanol–water partition coefficient (Wildman–Crippen LogP) is 5.03. The molecule has 0 radical (unpaired) electrons. The van der Waals surface area contributed by atoms with Gasteiger partial charge in [0.15, 0.2) is 0 Å². The Labute approximate surface area is 150 Å². The van der Waals surface area contributed by atoms with E-state index in [1.807, 2.05) is 37.3 Å². The van der Waals surface area contributed by atoms with Crippen LogP contribution in [0.2, 0.25) is 10.0 Å². The lowest BCUT2D eigenvalue weighted by Gasteiger charge is -2.13. The van der Waals surface area contributed by atoms with Crippen LogP contribution in [0.1, 0.15) is 35.4 Å². The highest BCUT2D eigenvalue weighted by molar-refractivity contribution is 6.36. The number of amides is 1. The number of rotatable bonds is 7. The van der Waals surface area contributed by atoms with Crippen LogP contribution < -0.4 is 5.32 Å². The molecule has 0 heterocycles. The van der Waals surface area contributed by atoms with Gasteiger partial charge in [-0.2, -0.15) is 0 Å². The minimum atomic E-state index is -0.675. The van der Waals surface area contributed by atoms with Crippen LogP contribution >= 0.6 is 23.2 Å². The van der Waals surface area contributed by atoms with Crippen molar-refractivity contribution in [2.24, 2.45) is 0 Å². The van der Waals surface area contributed by atoms with Crippen LogP contribution in [0.4, 0.5) is 4.39 Å². The molecule has 0 aliphatic carbocycles. The molecule has 0 saturated carbocycles. The molecule has 0 aliphatic rings. The Hall–Kier alpha value is -1.62. The average Bonchev–Trinajstić information content (AvgIpc) is 2.58. The van der Waals surface area contributed by atoms with E-state index in [-0.39, 0.29) is 21.7 Å². The first-order valence-electron chi connectivity index (χ1n) is 7.58. The molecule has 128 valence electrons. The number of halogens is 3. The molecule has 1 atom stereocenters. The second-order valence-electron chi connectivity index (χ2n) is 5.28. The Bertz CT molecular complexity index is 695. The second-order valence-corrected chi connectivity index (χ2v) is 6.09. The van der Waals surface area contributed by atoms with Gasteiger partial charge in [-0.25, -0.2) is 4.39 Å². The first kappa shape index (κ1) is 18.7. The lowest BCUT2D eigenvalue weighted by Crippen LogP contribution is -2.25. The predicted molar refractivity (Wildman–Crippen MR) is 94.2 cm³/mol. The van der Waals surface area contributed by atoms with Gasteiger partial charge < -0.3 is 10.1 Å². The fourth-order valence-electron chi connectivity index (χ4n) is 2.15. The Balaban J connectivity index is 1.74. The van der Waals surface area contributed by atoms with Crippen LogP contribution in [-0.4, -0.2) is 19.1 Å². The SMILES string of the molecule is C[C@@H](OCCCNC(=O)c1cc(F)c(Cl)cc1Cl)c1ccccc1. The number of nitrogens with one attached hydrogen (secondary N) is 1. The molecule has 0 aliphatic heterocycles. The first-order valence-corrected chi connectivity index (χ1v) is 8.34. The second kappa shape index (κ2) is 9.02. The van der Waals surface area contributed by atoms with Gasteiger partial charge in [-0.05, 0) is 31.0 Å². The summed E-state index contributed by atoms with van der Waals surface area (Å²) in [6.07, 6.45) is 0.623. The summed E-state index contributed by atoms with van der Waals surface area (Å²) in [7, 11) is 0. The molecule has 0 bridgehead atoms. The zero-order valence-corrected chi connectivity index (χ0v) is 14.7. The summed E-state index contributed by atoms with van der Waals surface area (Å²) in [4.78, 5) is 12.0. The van der Waals surface area contributed by atoms with Gasteiger partial charge in [-0.15, -0.1) is 0 Å². The standard InChI is InChI=1S/C18H18Cl2FNO2/c1-12(13-6-3-2-4-7-13)24-9-5-8-22-18(23)14-10-17(21)16(20)11-15(14)19/h2-4,6-7,10-12H,5,8-9H2,1H3,(H,22,23)/t12-/m1/s1. The van der Waals surface area contributed by atoms with Crippen molar-refractivity contribution < 1.29 is 13.9 Å². The smallest absolute Gasteiger partial charge is 0.252 e. The Kier molecular flexibility index (Phi) is 7.03. The van der Waals surface area contributed by atoms with Crippen LogP contribution in [0.15, 0.2) is 42.5 Å². The number of hydrogen-bond acceptors (Lipinski definition) is 2. The lowest BCUT2D eigenvalue weighted by molar-refractivity contribution is 0.0635. The number of benzene rings is 2. The first-order chi connectivity index (χ1) is 11.5. The summed E-state index contributed by atoms with van der Waals surface area (Å²) in [5.74, 6) is -1.11. The monoisotopic (exact) mass is 369 g/mol. The summed E-state index contributed by atoms with van der Waals surface area (Å²) in [5.41, 5.74) is 1.17. The van der Waals surface area contributed by atoms with Crippen molar-refractivity contribution in [1.29, 1.82) is 0 Å². The van der Waals surface area contributed by atoms with Gasteiger partial charge in [0.1, 0.15) is 5.82 Å². The minimum Gasteiger partial charge on any atom is -0.374 e. The molecule has 6 heteroatoms. The van der Waals surface area contributed by atoms with Gasteiger partial charge in [-0.1, -0.05) is 53.5 Å². The zero-order valence-electron chi connectivity index (χ0n) is 13.2. The summed E-state index contributed by atoms with van der Waals surface area (Å²) in [6, 6.07) is 12.1. The summed E-state index contributed by atoms with van der Waals surface area (Å²) < 4.78 is 19.1. The minimum absolute atomic E-state index is 0.0123. The van der Waals surface area contributed by atoms with Crippen molar-refractivity contribution in [2.45, 2.75) is 19.4 Å². The van der Waals surface area contributed by atoms with E-state index >= 15 is 0 Å². The zero-order chi connectivity index (χ0) is 17.5. The van der Waals surface area contributed by atoms with E-state index in [1.165, 1.54) is 6.07 Å². The summed E-state index contributed by atoms with van der Waals surface area (Å²) >= 11 is 11.5. The molecule has 3 nitrogen and oxygen atoms in total. The van der Waals surface area contributed by atoms with Crippen molar-refractivity contribution in [3.05, 3.63) is 69.5 Å². The molecule has 2 aromatic carbocycles. The maximum atomic E-state index is 13.4. The molecule has 0 aromatic heterocycles. The van der Waals surface area contributed by atoms with E-state index in [0.717, 1.165) is 11.6 Å². The number of ether oxygens (including phenoxy) is 1. The molecule has 0 fully saturated rings. The van der Waals surface area contributed by atoms with Crippen LogP contribution in [0.5, 0.6) is 0 Å². The topological polar surface area (TPSA) is 38.3 Å². The van der Waals surface area contributed by atoms with Gasteiger partial charge in [-0.3, -0.25) is 4.79 Å². The lowest BCUT2D eigenvalue weighted by atomic mass is 10.1. The Morgan fingerprint density at radius 1 is 1.21 bits per heavy atom. The molecule has 1 N–H and O–H groups in total. The van der Waals surface area contributed by atoms with E-state index in [2.05, 4.69) is 5.32 Å². The molecule has 2 rings (SSSR count). The van der Waals surface area contributed by atoms with E-state index in [4.69, 9.17) is 27.9 Å². The van der Waals surface area contributed by atoms with Crippen molar-refractivity contribution in [2.75, 3.05) is 13.2 Å². The highest BCUT2D eigenvalue weighted by Gasteiger charge is 2.13. The molecule has 2 aromatic rings. The largest absolute Gasteiger partial charge is 0.374 e. The van der Waals surface area contributed by atoms with Crippen LogP contribution in [0.25, 0.3) is 0 Å². The van der Waals surface area contributed by atoms with Crippen molar-refractivity contribution in [3.8, 4) is 0 Å². The fourth-order valence-corrected chi connectivity index (χ4v) is 2.62. The van der Waals surface area contributed by atoms with Crippen LogP contribution in [-0.2, 0) is 4.74 Å². The fraction of sp³-hybridized carbons (Fsp3) is 0.278. The Morgan fingerprint density at radius 2 is 1.92 bits per heavy atom. The number of carbonyl (C=O) groups excluding carboxylic acids is 1. The molecular weight excluding hydrogens is 352 g/mol. The van der Waals surface area contributed by atoms with Gasteiger partial charge >= 0.3 is 0 Å². The Morgan fingerprint density at radius 3 is 2.62 bits per heavy atom. The van der Waals surface area contributed by atoms with E-state index in [9.17, 15) is 9.18 Å². The third-order valence-corrected chi connectivity index (χ3v) is 4.10.